The standard InChI is InChI=1S/C6H4Cl2O3/c7-3-1-2(4(3)8)6(10)11-5(1)9/h1-4H/t1-,2+,3-,4+. The summed E-state index contributed by atoms with van der Waals surface area (Å²) in [4.78, 5) is 21.6. The lowest BCUT2D eigenvalue weighted by molar-refractivity contribution is -0.153. The van der Waals surface area contributed by atoms with E-state index in [-0.39, 0.29) is 0 Å². The number of hydrogen-bond donors (Lipinski definition) is 0. The number of carbonyl (C=O) groups is 2. The molecule has 60 valence electrons. The smallest absolute Gasteiger partial charge is 0.319 e. The number of rotatable bonds is 0. The summed E-state index contributed by atoms with van der Waals surface area (Å²) in [5, 5.41) is -0.888. The van der Waals surface area contributed by atoms with Crippen molar-refractivity contribution in [1.29, 1.82) is 0 Å². The first-order valence-electron chi connectivity index (χ1n) is 3.16. The topological polar surface area (TPSA) is 43.4 Å². The molecule has 3 nitrogen and oxygen atoms in total. The summed E-state index contributed by atoms with van der Waals surface area (Å²) in [6.07, 6.45) is 0. The van der Waals surface area contributed by atoms with Gasteiger partial charge in [0, 0.05) is 0 Å². The Bertz CT molecular complexity index is 216. The van der Waals surface area contributed by atoms with Gasteiger partial charge in [0.1, 0.15) is 0 Å². The molecule has 2 aliphatic rings. The van der Waals surface area contributed by atoms with Crippen LogP contribution in [0.15, 0.2) is 0 Å². The maximum atomic E-state index is 10.8. The Hall–Kier alpha value is -0.280. The van der Waals surface area contributed by atoms with E-state index < -0.39 is 34.5 Å². The van der Waals surface area contributed by atoms with Crippen LogP contribution in [0.2, 0.25) is 0 Å². The molecule has 0 spiro atoms. The van der Waals surface area contributed by atoms with Crippen LogP contribution in [0.5, 0.6) is 0 Å². The second-order valence-corrected chi connectivity index (χ2v) is 3.69. The molecule has 1 heterocycles. The number of esters is 2. The molecule has 0 aromatic rings. The maximum absolute atomic E-state index is 10.8. The zero-order chi connectivity index (χ0) is 8.17. The number of ether oxygens (including phenoxy) is 1. The molecule has 0 aromatic carbocycles. The number of fused-ring (bicyclic) bond motifs is 1. The van der Waals surface area contributed by atoms with Crippen LogP contribution in [0.3, 0.4) is 0 Å². The molecule has 0 N–H and O–H groups in total. The van der Waals surface area contributed by atoms with Gasteiger partial charge in [0.15, 0.2) is 0 Å². The quantitative estimate of drug-likeness (QED) is 0.321. The summed E-state index contributed by atoms with van der Waals surface area (Å²) < 4.78 is 4.34. The van der Waals surface area contributed by atoms with Gasteiger partial charge in [0.05, 0.1) is 22.6 Å². The van der Waals surface area contributed by atoms with Gasteiger partial charge in [-0.05, 0) is 0 Å². The fourth-order valence-electron chi connectivity index (χ4n) is 1.44. The summed E-state index contributed by atoms with van der Waals surface area (Å²) >= 11 is 11.4. The summed E-state index contributed by atoms with van der Waals surface area (Å²) in [5.41, 5.74) is 0. The third kappa shape index (κ3) is 0.754. The minimum atomic E-state index is -0.531. The molecule has 1 saturated carbocycles. The first kappa shape index (κ1) is 7.37. The molecule has 1 saturated heterocycles. The molecule has 0 bridgehead atoms. The van der Waals surface area contributed by atoms with Crippen molar-refractivity contribution in [3.8, 4) is 0 Å². The fourth-order valence-corrected chi connectivity index (χ4v) is 2.27. The molecule has 0 unspecified atom stereocenters. The van der Waals surface area contributed by atoms with Crippen molar-refractivity contribution >= 4 is 35.1 Å². The second kappa shape index (κ2) is 2.11. The number of halogens is 2. The van der Waals surface area contributed by atoms with Gasteiger partial charge in [0.2, 0.25) is 0 Å². The van der Waals surface area contributed by atoms with E-state index in [2.05, 4.69) is 4.74 Å². The molecule has 2 rings (SSSR count). The molecule has 0 aromatic heterocycles. The Morgan fingerprint density at radius 3 is 1.73 bits per heavy atom. The van der Waals surface area contributed by atoms with Crippen LogP contribution in [-0.2, 0) is 14.3 Å². The molecule has 0 amide bonds. The first-order chi connectivity index (χ1) is 5.13. The van der Waals surface area contributed by atoms with Crippen LogP contribution >= 0.6 is 23.2 Å². The van der Waals surface area contributed by atoms with Gasteiger partial charge in [-0.3, -0.25) is 9.59 Å². The second-order valence-electron chi connectivity index (χ2n) is 2.68. The zero-order valence-corrected chi connectivity index (χ0v) is 6.80. The van der Waals surface area contributed by atoms with Gasteiger partial charge >= 0.3 is 11.9 Å². The molecular formula is C6H4Cl2O3. The molecule has 5 heteroatoms. The Morgan fingerprint density at radius 2 is 1.36 bits per heavy atom. The van der Waals surface area contributed by atoms with Gasteiger partial charge in [-0.15, -0.1) is 23.2 Å². The minimum Gasteiger partial charge on any atom is -0.393 e. The number of hydrogen-bond acceptors (Lipinski definition) is 3. The van der Waals surface area contributed by atoms with Gasteiger partial charge in [0.25, 0.3) is 0 Å². The van der Waals surface area contributed by atoms with E-state index in [1.54, 1.807) is 0 Å². The first-order valence-corrected chi connectivity index (χ1v) is 4.04. The van der Waals surface area contributed by atoms with Crippen molar-refractivity contribution in [2.24, 2.45) is 11.8 Å². The van der Waals surface area contributed by atoms with Gasteiger partial charge in [-0.1, -0.05) is 0 Å². The summed E-state index contributed by atoms with van der Waals surface area (Å²) in [5.74, 6) is -2.05. The number of alkyl halides is 2. The lowest BCUT2D eigenvalue weighted by Crippen LogP contribution is -2.51. The predicted molar refractivity (Wildman–Crippen MR) is 37.4 cm³/mol. The summed E-state index contributed by atoms with van der Waals surface area (Å²) in [6.45, 7) is 0. The van der Waals surface area contributed by atoms with E-state index >= 15 is 0 Å². The van der Waals surface area contributed by atoms with Crippen LogP contribution in [0.1, 0.15) is 0 Å². The van der Waals surface area contributed by atoms with Crippen LogP contribution in [0.25, 0.3) is 0 Å². The molecular weight excluding hydrogens is 191 g/mol. The Labute approximate surface area is 72.6 Å². The average molecular weight is 195 g/mol. The number of carbonyl (C=O) groups excluding carboxylic acids is 2. The van der Waals surface area contributed by atoms with E-state index in [1.807, 2.05) is 0 Å². The maximum Gasteiger partial charge on any atom is 0.319 e. The van der Waals surface area contributed by atoms with Crippen LogP contribution in [0, 0.1) is 11.8 Å². The van der Waals surface area contributed by atoms with Crippen molar-refractivity contribution in [3.05, 3.63) is 0 Å². The Morgan fingerprint density at radius 1 is 1.00 bits per heavy atom. The average Bonchev–Trinajstić information content (AvgIpc) is 2.21. The third-order valence-corrected chi connectivity index (χ3v) is 3.34. The highest BCUT2D eigenvalue weighted by atomic mass is 35.5. The van der Waals surface area contributed by atoms with E-state index in [0.717, 1.165) is 0 Å². The summed E-state index contributed by atoms with van der Waals surface area (Å²) in [7, 11) is 0. The van der Waals surface area contributed by atoms with Crippen LogP contribution in [0.4, 0.5) is 0 Å². The highest BCUT2D eigenvalue weighted by Gasteiger charge is 2.62. The van der Waals surface area contributed by atoms with Crippen molar-refractivity contribution in [3.63, 3.8) is 0 Å². The Balaban J connectivity index is 2.26. The predicted octanol–water partition coefficient (Wildman–Crippen LogP) is 0.531. The van der Waals surface area contributed by atoms with Gasteiger partial charge < -0.3 is 4.74 Å². The van der Waals surface area contributed by atoms with E-state index in [0.29, 0.717) is 0 Å². The summed E-state index contributed by atoms with van der Waals surface area (Å²) in [6, 6.07) is 0. The van der Waals surface area contributed by atoms with Gasteiger partial charge in [-0.25, -0.2) is 0 Å². The van der Waals surface area contributed by atoms with E-state index in [9.17, 15) is 9.59 Å². The normalized spacial score (nSPS) is 48.2. The molecule has 1 aliphatic carbocycles. The highest BCUT2D eigenvalue weighted by Crippen LogP contribution is 2.47. The molecule has 4 atom stereocenters. The highest BCUT2D eigenvalue weighted by molar-refractivity contribution is 6.35. The molecule has 0 radical (unpaired) electrons. The van der Waals surface area contributed by atoms with Crippen LogP contribution in [-0.4, -0.2) is 22.7 Å². The molecule has 11 heavy (non-hydrogen) atoms. The lowest BCUT2D eigenvalue weighted by Gasteiger charge is -2.35. The number of cyclic esters (lactones) is 2. The Kier molecular flexibility index (Phi) is 1.41. The largest absolute Gasteiger partial charge is 0.393 e. The lowest BCUT2D eigenvalue weighted by atomic mass is 9.74. The fraction of sp³-hybridized carbons (Fsp3) is 0.667. The molecule has 1 aliphatic heterocycles. The van der Waals surface area contributed by atoms with Crippen molar-refractivity contribution in [1.82, 2.24) is 0 Å². The van der Waals surface area contributed by atoms with Crippen molar-refractivity contribution < 1.29 is 14.3 Å². The van der Waals surface area contributed by atoms with Crippen molar-refractivity contribution in [2.75, 3.05) is 0 Å². The zero-order valence-electron chi connectivity index (χ0n) is 5.29. The van der Waals surface area contributed by atoms with Gasteiger partial charge in [-0.2, -0.15) is 0 Å². The monoisotopic (exact) mass is 194 g/mol. The van der Waals surface area contributed by atoms with Crippen LogP contribution < -0.4 is 0 Å². The minimum absolute atomic E-state index is 0.444. The SMILES string of the molecule is O=C1OC(=O)[C@H]2[C@@H](Cl)[C@@H](Cl)[C@@H]12. The van der Waals surface area contributed by atoms with Crippen molar-refractivity contribution in [2.45, 2.75) is 10.8 Å². The van der Waals surface area contributed by atoms with E-state index in [4.69, 9.17) is 23.2 Å². The van der Waals surface area contributed by atoms with E-state index in [1.165, 1.54) is 0 Å². The third-order valence-electron chi connectivity index (χ3n) is 2.12. The molecule has 2 fully saturated rings.